The van der Waals surface area contributed by atoms with E-state index in [-0.39, 0.29) is 22.5 Å². The van der Waals surface area contributed by atoms with Crippen molar-refractivity contribution in [2.24, 2.45) is 0 Å². The fourth-order valence-electron chi connectivity index (χ4n) is 3.58. The second kappa shape index (κ2) is 7.83. The monoisotopic (exact) mass is 418 g/mol. The van der Waals surface area contributed by atoms with E-state index in [1.807, 2.05) is 0 Å². The Kier molecular flexibility index (Phi) is 5.04. The van der Waals surface area contributed by atoms with E-state index in [1.165, 1.54) is 36.4 Å². The van der Waals surface area contributed by atoms with Gasteiger partial charge in [-0.25, -0.2) is 4.39 Å². The van der Waals surface area contributed by atoms with Crippen LogP contribution in [0.4, 0.5) is 15.8 Å². The van der Waals surface area contributed by atoms with Gasteiger partial charge >= 0.3 is 0 Å². The molecule has 1 amide bonds. The van der Waals surface area contributed by atoms with Crippen molar-refractivity contribution in [2.75, 3.05) is 4.90 Å². The minimum atomic E-state index is -1.13. The van der Waals surface area contributed by atoms with Crippen LogP contribution < -0.4 is 4.90 Å². The van der Waals surface area contributed by atoms with E-state index in [9.17, 15) is 29.2 Å². The minimum Gasteiger partial charge on any atom is -0.507 e. The standard InChI is InChI=1S/C23H15FN2O5/c24-16-9-11-17(12-10-16)25-20(15-7-4-8-18(13-15)26(30)31)19(22(28)23(25)29)21(27)14-5-2-1-3-6-14/h1-13,20,27H/t20-/m0/s1. The van der Waals surface area contributed by atoms with Gasteiger partial charge < -0.3 is 5.11 Å². The summed E-state index contributed by atoms with van der Waals surface area (Å²) >= 11 is 0. The molecule has 8 heteroatoms. The average molecular weight is 418 g/mol. The average Bonchev–Trinajstić information content (AvgIpc) is 3.05. The first-order chi connectivity index (χ1) is 14.9. The molecule has 1 fully saturated rings. The van der Waals surface area contributed by atoms with Crippen molar-refractivity contribution in [1.82, 2.24) is 0 Å². The van der Waals surface area contributed by atoms with E-state index < -0.39 is 34.2 Å². The zero-order valence-electron chi connectivity index (χ0n) is 15.9. The summed E-state index contributed by atoms with van der Waals surface area (Å²) in [6.07, 6.45) is 0. The van der Waals surface area contributed by atoms with Crippen molar-refractivity contribution >= 4 is 28.8 Å². The molecule has 1 N–H and O–H groups in total. The smallest absolute Gasteiger partial charge is 0.300 e. The summed E-state index contributed by atoms with van der Waals surface area (Å²) in [5.41, 5.74) is 0.347. The number of benzene rings is 3. The van der Waals surface area contributed by atoms with Crippen LogP contribution in [-0.4, -0.2) is 21.7 Å². The first-order valence-electron chi connectivity index (χ1n) is 9.25. The van der Waals surface area contributed by atoms with Crippen LogP contribution in [0.2, 0.25) is 0 Å². The number of carbonyl (C=O) groups is 2. The molecule has 3 aromatic rings. The number of Topliss-reactive ketones (excluding diaryl/α,β-unsaturated/α-hetero) is 1. The highest BCUT2D eigenvalue weighted by Gasteiger charge is 2.47. The molecule has 4 rings (SSSR count). The third kappa shape index (κ3) is 3.55. The molecular formula is C23H15FN2O5. The van der Waals surface area contributed by atoms with E-state index in [0.717, 1.165) is 17.0 Å². The third-order valence-electron chi connectivity index (χ3n) is 4.99. The number of nitro benzene ring substituents is 1. The van der Waals surface area contributed by atoms with Crippen LogP contribution in [0.1, 0.15) is 17.2 Å². The van der Waals surface area contributed by atoms with Gasteiger partial charge in [-0.15, -0.1) is 0 Å². The highest BCUT2D eigenvalue weighted by molar-refractivity contribution is 6.51. The van der Waals surface area contributed by atoms with Crippen molar-refractivity contribution in [3.05, 3.63) is 111 Å². The zero-order chi connectivity index (χ0) is 22.1. The molecule has 3 aromatic carbocycles. The SMILES string of the molecule is O=C1C(=O)N(c2ccc(F)cc2)[C@@H](c2cccc([N+](=O)[O-])c2)C1=C(O)c1ccccc1. The lowest BCUT2D eigenvalue weighted by Gasteiger charge is -2.25. The van der Waals surface area contributed by atoms with E-state index in [2.05, 4.69) is 0 Å². The molecular weight excluding hydrogens is 403 g/mol. The van der Waals surface area contributed by atoms with Gasteiger partial charge in [0.2, 0.25) is 0 Å². The zero-order valence-corrected chi connectivity index (χ0v) is 15.9. The molecule has 31 heavy (non-hydrogen) atoms. The molecule has 0 spiro atoms. The number of rotatable bonds is 4. The number of aliphatic hydroxyl groups excluding tert-OH is 1. The Bertz CT molecular complexity index is 1220. The summed E-state index contributed by atoms with van der Waals surface area (Å²) in [5, 5.41) is 22.2. The Balaban J connectivity index is 1.97. The number of amides is 1. The molecule has 0 bridgehead atoms. The van der Waals surface area contributed by atoms with Crippen LogP contribution in [0, 0.1) is 15.9 Å². The Morgan fingerprint density at radius 1 is 0.968 bits per heavy atom. The van der Waals surface area contributed by atoms with Crippen LogP contribution in [-0.2, 0) is 9.59 Å². The first-order valence-corrected chi connectivity index (χ1v) is 9.25. The summed E-state index contributed by atoms with van der Waals surface area (Å²) < 4.78 is 13.4. The lowest BCUT2D eigenvalue weighted by atomic mass is 9.95. The van der Waals surface area contributed by atoms with Gasteiger partial charge in [-0.3, -0.25) is 24.6 Å². The summed E-state index contributed by atoms with van der Waals surface area (Å²) in [6.45, 7) is 0. The van der Waals surface area contributed by atoms with Gasteiger partial charge in [0, 0.05) is 23.4 Å². The van der Waals surface area contributed by atoms with E-state index in [1.54, 1.807) is 30.3 Å². The Hall–Kier alpha value is -4.33. The number of hydrogen-bond acceptors (Lipinski definition) is 5. The summed E-state index contributed by atoms with van der Waals surface area (Å²) in [4.78, 5) is 37.7. The van der Waals surface area contributed by atoms with Gasteiger partial charge in [-0.05, 0) is 29.8 Å². The number of anilines is 1. The summed E-state index contributed by atoms with van der Waals surface area (Å²) in [5.74, 6) is -2.81. The fourth-order valence-corrected chi connectivity index (χ4v) is 3.58. The third-order valence-corrected chi connectivity index (χ3v) is 4.99. The first kappa shape index (κ1) is 20.0. The van der Waals surface area contributed by atoms with Crippen molar-refractivity contribution in [3.8, 4) is 0 Å². The molecule has 1 heterocycles. The molecule has 0 unspecified atom stereocenters. The van der Waals surface area contributed by atoms with E-state index in [4.69, 9.17) is 0 Å². The molecule has 1 atom stereocenters. The van der Waals surface area contributed by atoms with Gasteiger partial charge in [0.1, 0.15) is 11.6 Å². The molecule has 154 valence electrons. The van der Waals surface area contributed by atoms with Gasteiger partial charge in [-0.1, -0.05) is 42.5 Å². The molecule has 7 nitrogen and oxygen atoms in total. The molecule has 0 saturated carbocycles. The molecule has 1 aliphatic rings. The maximum Gasteiger partial charge on any atom is 0.300 e. The maximum atomic E-state index is 13.4. The predicted molar refractivity (Wildman–Crippen MR) is 111 cm³/mol. The largest absolute Gasteiger partial charge is 0.507 e. The lowest BCUT2D eigenvalue weighted by molar-refractivity contribution is -0.384. The summed E-state index contributed by atoms with van der Waals surface area (Å²) in [6, 6.07) is 17.5. The topological polar surface area (TPSA) is 101 Å². The van der Waals surface area contributed by atoms with Crippen molar-refractivity contribution in [2.45, 2.75) is 6.04 Å². The molecule has 1 saturated heterocycles. The second-order valence-electron chi connectivity index (χ2n) is 6.86. The number of nitrogens with zero attached hydrogens (tertiary/aromatic N) is 2. The quantitative estimate of drug-likeness (QED) is 0.223. The predicted octanol–water partition coefficient (Wildman–Crippen LogP) is 4.36. The van der Waals surface area contributed by atoms with E-state index >= 15 is 0 Å². The normalized spacial score (nSPS) is 17.7. The molecule has 0 radical (unpaired) electrons. The number of nitro groups is 1. The fraction of sp³-hybridized carbons (Fsp3) is 0.0435. The van der Waals surface area contributed by atoms with Gasteiger partial charge in [0.25, 0.3) is 17.4 Å². The van der Waals surface area contributed by atoms with Crippen molar-refractivity contribution in [1.29, 1.82) is 0 Å². The molecule has 1 aliphatic heterocycles. The highest BCUT2D eigenvalue weighted by Crippen LogP contribution is 2.42. The van der Waals surface area contributed by atoms with Crippen LogP contribution >= 0.6 is 0 Å². The van der Waals surface area contributed by atoms with Gasteiger partial charge in [0.15, 0.2) is 0 Å². The maximum absolute atomic E-state index is 13.4. The number of carbonyl (C=O) groups excluding carboxylic acids is 2. The molecule has 0 aliphatic carbocycles. The lowest BCUT2D eigenvalue weighted by Crippen LogP contribution is -2.29. The van der Waals surface area contributed by atoms with Crippen LogP contribution in [0.15, 0.2) is 84.4 Å². The van der Waals surface area contributed by atoms with Gasteiger partial charge in [-0.2, -0.15) is 0 Å². The van der Waals surface area contributed by atoms with Crippen molar-refractivity contribution in [3.63, 3.8) is 0 Å². The number of ketones is 1. The summed E-state index contributed by atoms with van der Waals surface area (Å²) in [7, 11) is 0. The Labute approximate surface area is 175 Å². The number of hydrogen-bond donors (Lipinski definition) is 1. The van der Waals surface area contributed by atoms with Crippen LogP contribution in [0.25, 0.3) is 5.76 Å². The number of aliphatic hydroxyl groups is 1. The number of non-ortho nitro benzene ring substituents is 1. The number of halogens is 1. The molecule has 0 aromatic heterocycles. The van der Waals surface area contributed by atoms with Crippen molar-refractivity contribution < 1.29 is 24.0 Å². The van der Waals surface area contributed by atoms with Gasteiger partial charge in [0.05, 0.1) is 16.5 Å². The highest BCUT2D eigenvalue weighted by atomic mass is 19.1. The second-order valence-corrected chi connectivity index (χ2v) is 6.86. The Morgan fingerprint density at radius 3 is 2.29 bits per heavy atom. The van der Waals surface area contributed by atoms with E-state index in [0.29, 0.717) is 5.56 Å². The minimum absolute atomic E-state index is 0.207. The van der Waals surface area contributed by atoms with Crippen LogP contribution in [0.5, 0.6) is 0 Å². The van der Waals surface area contributed by atoms with Crippen LogP contribution in [0.3, 0.4) is 0 Å². The Morgan fingerprint density at radius 2 is 1.65 bits per heavy atom.